The number of fused-ring (bicyclic) bond motifs is 3. The SMILES string of the molecule is CCN1c2ccccc2-c2nc(SCc3ccc(C(C)(C)C)cc3)ncc2S1(=O)=O. The molecule has 0 spiro atoms. The van der Waals surface area contributed by atoms with Crippen LogP contribution < -0.4 is 4.31 Å². The summed E-state index contributed by atoms with van der Waals surface area (Å²) in [5.41, 5.74) is 4.57. The molecule has 1 aromatic heterocycles. The van der Waals surface area contributed by atoms with E-state index in [-0.39, 0.29) is 10.3 Å². The second-order valence-electron chi connectivity index (χ2n) is 8.29. The molecule has 0 atom stereocenters. The van der Waals surface area contributed by atoms with E-state index >= 15 is 0 Å². The van der Waals surface area contributed by atoms with E-state index in [4.69, 9.17) is 0 Å². The van der Waals surface area contributed by atoms with Crippen LogP contribution in [0.2, 0.25) is 0 Å². The number of hydrogen-bond acceptors (Lipinski definition) is 5. The number of para-hydroxylation sites is 1. The number of benzene rings is 2. The maximum absolute atomic E-state index is 13.0. The van der Waals surface area contributed by atoms with E-state index in [1.807, 2.05) is 31.2 Å². The van der Waals surface area contributed by atoms with Gasteiger partial charge in [0.25, 0.3) is 10.0 Å². The highest BCUT2D eigenvalue weighted by atomic mass is 32.2. The molecule has 0 radical (unpaired) electrons. The van der Waals surface area contributed by atoms with Gasteiger partial charge in [-0.2, -0.15) is 0 Å². The molecule has 1 aliphatic rings. The van der Waals surface area contributed by atoms with Crippen LogP contribution in [0.5, 0.6) is 0 Å². The molecule has 3 aromatic rings. The Balaban J connectivity index is 1.63. The zero-order valence-electron chi connectivity index (χ0n) is 17.6. The predicted octanol–water partition coefficient (Wildman–Crippen LogP) is 5.26. The quantitative estimate of drug-likeness (QED) is 0.410. The van der Waals surface area contributed by atoms with Crippen LogP contribution in [0.1, 0.15) is 38.8 Å². The fraction of sp³-hybridized carbons (Fsp3) is 0.304. The molecule has 1 aliphatic heterocycles. The van der Waals surface area contributed by atoms with E-state index in [0.29, 0.717) is 23.1 Å². The summed E-state index contributed by atoms with van der Waals surface area (Å²) in [6.07, 6.45) is 1.45. The molecule has 5 nitrogen and oxygen atoms in total. The van der Waals surface area contributed by atoms with Gasteiger partial charge in [0.05, 0.1) is 17.6 Å². The fourth-order valence-corrected chi connectivity index (χ4v) is 5.89. The lowest BCUT2D eigenvalue weighted by molar-refractivity contribution is 0.589. The van der Waals surface area contributed by atoms with Crippen LogP contribution in [0.4, 0.5) is 5.69 Å². The third-order valence-corrected chi connectivity index (χ3v) is 8.03. The number of aromatic nitrogens is 2. The lowest BCUT2D eigenvalue weighted by atomic mass is 9.87. The van der Waals surface area contributed by atoms with Gasteiger partial charge in [-0.25, -0.2) is 18.4 Å². The molecule has 0 aliphatic carbocycles. The molecule has 0 bridgehead atoms. The van der Waals surface area contributed by atoms with Gasteiger partial charge in [-0.3, -0.25) is 4.31 Å². The number of sulfonamides is 1. The van der Waals surface area contributed by atoms with Gasteiger partial charge in [-0.15, -0.1) is 0 Å². The van der Waals surface area contributed by atoms with E-state index in [9.17, 15) is 8.42 Å². The highest BCUT2D eigenvalue weighted by molar-refractivity contribution is 7.98. The third-order valence-electron chi connectivity index (χ3n) is 5.20. The summed E-state index contributed by atoms with van der Waals surface area (Å²) in [6, 6.07) is 16.1. The van der Waals surface area contributed by atoms with Crippen LogP contribution in [0.15, 0.2) is 64.8 Å². The molecule has 0 unspecified atom stereocenters. The molecular formula is C23H25N3O2S2. The first-order valence-corrected chi connectivity index (χ1v) is 12.4. The molecule has 0 saturated carbocycles. The Labute approximate surface area is 182 Å². The van der Waals surface area contributed by atoms with Gasteiger partial charge in [-0.1, -0.05) is 75.0 Å². The molecule has 30 heavy (non-hydrogen) atoms. The second kappa shape index (κ2) is 7.71. The Morgan fingerprint density at radius 1 is 1.03 bits per heavy atom. The van der Waals surface area contributed by atoms with Gasteiger partial charge in [0, 0.05) is 17.9 Å². The van der Waals surface area contributed by atoms with E-state index in [0.717, 1.165) is 11.3 Å². The normalized spacial score (nSPS) is 14.9. The van der Waals surface area contributed by atoms with Crippen LogP contribution in [-0.2, 0) is 21.2 Å². The average molecular weight is 440 g/mol. The van der Waals surface area contributed by atoms with Crippen LogP contribution in [0, 0.1) is 0 Å². The van der Waals surface area contributed by atoms with E-state index in [1.165, 1.54) is 33.4 Å². The second-order valence-corrected chi connectivity index (χ2v) is 11.1. The smallest absolute Gasteiger partial charge is 0.266 e. The summed E-state index contributed by atoms with van der Waals surface area (Å²) in [4.78, 5) is 9.15. The fourth-order valence-electron chi connectivity index (χ4n) is 3.53. The first kappa shape index (κ1) is 20.9. The van der Waals surface area contributed by atoms with Crippen molar-refractivity contribution in [2.45, 2.75) is 48.9 Å². The van der Waals surface area contributed by atoms with Crippen molar-refractivity contribution in [3.8, 4) is 11.3 Å². The molecule has 0 N–H and O–H groups in total. The zero-order chi connectivity index (χ0) is 21.5. The van der Waals surface area contributed by atoms with E-state index < -0.39 is 10.0 Å². The number of thioether (sulfide) groups is 1. The van der Waals surface area contributed by atoms with Gasteiger partial charge in [0.2, 0.25) is 0 Å². The van der Waals surface area contributed by atoms with Crippen LogP contribution in [-0.4, -0.2) is 24.9 Å². The lowest BCUT2D eigenvalue weighted by Gasteiger charge is -2.30. The van der Waals surface area contributed by atoms with Crippen molar-refractivity contribution in [1.29, 1.82) is 0 Å². The van der Waals surface area contributed by atoms with Gasteiger partial charge in [-0.05, 0) is 29.5 Å². The Kier molecular flexibility index (Phi) is 5.36. The summed E-state index contributed by atoms with van der Waals surface area (Å²) >= 11 is 1.51. The molecular weight excluding hydrogens is 414 g/mol. The Morgan fingerprint density at radius 2 is 1.73 bits per heavy atom. The zero-order valence-corrected chi connectivity index (χ0v) is 19.2. The van der Waals surface area contributed by atoms with Gasteiger partial charge in [0.1, 0.15) is 4.90 Å². The van der Waals surface area contributed by atoms with Crippen molar-refractivity contribution in [3.05, 3.63) is 65.9 Å². The van der Waals surface area contributed by atoms with Crippen molar-refractivity contribution >= 4 is 27.5 Å². The molecule has 0 amide bonds. The highest BCUT2D eigenvalue weighted by Crippen LogP contribution is 2.42. The average Bonchev–Trinajstić information content (AvgIpc) is 2.72. The summed E-state index contributed by atoms with van der Waals surface area (Å²) in [5.74, 6) is 0.721. The van der Waals surface area contributed by atoms with E-state index in [2.05, 4.69) is 55.0 Å². The summed E-state index contributed by atoms with van der Waals surface area (Å²) in [5, 5.41) is 0.573. The lowest BCUT2D eigenvalue weighted by Crippen LogP contribution is -2.34. The largest absolute Gasteiger partial charge is 0.268 e. The molecule has 156 valence electrons. The summed E-state index contributed by atoms with van der Waals surface area (Å²) < 4.78 is 27.5. The predicted molar refractivity (Wildman–Crippen MR) is 122 cm³/mol. The molecule has 4 rings (SSSR count). The number of rotatable bonds is 4. The van der Waals surface area contributed by atoms with Crippen molar-refractivity contribution < 1.29 is 8.42 Å². The number of anilines is 1. The van der Waals surface area contributed by atoms with Gasteiger partial charge < -0.3 is 0 Å². The Morgan fingerprint density at radius 3 is 2.40 bits per heavy atom. The van der Waals surface area contributed by atoms with Gasteiger partial charge >= 0.3 is 0 Å². The maximum Gasteiger partial charge on any atom is 0.268 e. The molecule has 0 saturated heterocycles. The molecule has 0 fully saturated rings. The Hall–Kier alpha value is -2.38. The minimum absolute atomic E-state index is 0.124. The van der Waals surface area contributed by atoms with Crippen molar-refractivity contribution in [1.82, 2.24) is 9.97 Å². The molecule has 2 aromatic carbocycles. The highest BCUT2D eigenvalue weighted by Gasteiger charge is 2.35. The van der Waals surface area contributed by atoms with E-state index in [1.54, 1.807) is 0 Å². The maximum atomic E-state index is 13.0. The first-order chi connectivity index (χ1) is 14.2. The van der Waals surface area contributed by atoms with Crippen molar-refractivity contribution in [2.75, 3.05) is 10.8 Å². The minimum Gasteiger partial charge on any atom is -0.266 e. The summed E-state index contributed by atoms with van der Waals surface area (Å²) in [6.45, 7) is 8.78. The van der Waals surface area contributed by atoms with Crippen molar-refractivity contribution in [3.63, 3.8) is 0 Å². The van der Waals surface area contributed by atoms with Crippen LogP contribution in [0.3, 0.4) is 0 Å². The monoisotopic (exact) mass is 439 g/mol. The molecule has 7 heteroatoms. The Bertz CT molecular complexity index is 1180. The topological polar surface area (TPSA) is 63.2 Å². The van der Waals surface area contributed by atoms with Crippen LogP contribution >= 0.6 is 11.8 Å². The third kappa shape index (κ3) is 3.72. The van der Waals surface area contributed by atoms with Crippen molar-refractivity contribution in [2.24, 2.45) is 0 Å². The van der Waals surface area contributed by atoms with Gasteiger partial charge in [0.15, 0.2) is 5.16 Å². The summed E-state index contributed by atoms with van der Waals surface area (Å²) in [7, 11) is -3.65. The van der Waals surface area contributed by atoms with Crippen LogP contribution in [0.25, 0.3) is 11.3 Å². The number of nitrogens with zero attached hydrogens (tertiary/aromatic N) is 3. The standard InChI is InChI=1S/C23H25N3O2S2/c1-5-26-19-9-7-6-8-18(19)21-20(30(26,27)28)14-24-22(25-21)29-15-16-10-12-17(13-11-16)23(2,3)4/h6-14H,5,15H2,1-4H3. The number of hydrogen-bond donors (Lipinski definition) is 0. The minimum atomic E-state index is -3.65. The molecule has 2 heterocycles. The first-order valence-electron chi connectivity index (χ1n) is 9.93.